The Morgan fingerprint density at radius 2 is 2.05 bits per heavy atom. The highest BCUT2D eigenvalue weighted by Crippen LogP contribution is 2.58. The van der Waals surface area contributed by atoms with Crippen molar-refractivity contribution in [2.45, 2.75) is 45.1 Å². The minimum atomic E-state index is 0.170. The van der Waals surface area contributed by atoms with Crippen molar-refractivity contribution in [2.75, 3.05) is 13.1 Å². The molecule has 0 radical (unpaired) electrons. The number of hydrogen-bond donors (Lipinski definition) is 2. The number of carbonyl (C=O) groups excluding carboxylic acids is 1. The Morgan fingerprint density at radius 1 is 1.33 bits per heavy atom. The van der Waals surface area contributed by atoms with Gasteiger partial charge in [0.05, 0.1) is 6.04 Å². The van der Waals surface area contributed by atoms with Gasteiger partial charge in [0, 0.05) is 5.92 Å². The van der Waals surface area contributed by atoms with Crippen molar-refractivity contribution >= 4 is 5.91 Å². The smallest absolute Gasteiger partial charge is 0.224 e. The zero-order chi connectivity index (χ0) is 14.7. The lowest BCUT2D eigenvalue weighted by molar-refractivity contribution is -0.124. The topological polar surface area (TPSA) is 41.1 Å². The lowest BCUT2D eigenvalue weighted by Gasteiger charge is -2.24. The first kappa shape index (κ1) is 14.6. The van der Waals surface area contributed by atoms with Crippen LogP contribution in [0, 0.1) is 11.3 Å². The molecule has 1 saturated heterocycles. The number of hydrogen-bond acceptors (Lipinski definition) is 2. The molecule has 2 unspecified atom stereocenters. The van der Waals surface area contributed by atoms with E-state index in [0.29, 0.717) is 5.41 Å². The van der Waals surface area contributed by atoms with Crippen LogP contribution in [0.2, 0.25) is 0 Å². The van der Waals surface area contributed by atoms with Crippen molar-refractivity contribution in [3.63, 3.8) is 0 Å². The van der Waals surface area contributed by atoms with Crippen molar-refractivity contribution < 1.29 is 4.79 Å². The van der Waals surface area contributed by atoms with Gasteiger partial charge in [0.1, 0.15) is 0 Å². The highest BCUT2D eigenvalue weighted by Gasteiger charge is 2.57. The molecule has 1 saturated carbocycles. The van der Waals surface area contributed by atoms with Crippen LogP contribution in [0.1, 0.15) is 50.6 Å². The monoisotopic (exact) mass is 286 g/mol. The molecule has 3 heteroatoms. The van der Waals surface area contributed by atoms with E-state index in [4.69, 9.17) is 0 Å². The summed E-state index contributed by atoms with van der Waals surface area (Å²) < 4.78 is 0. The van der Waals surface area contributed by atoms with E-state index in [1.54, 1.807) is 0 Å². The zero-order valence-electron chi connectivity index (χ0n) is 12.9. The molecule has 1 aromatic rings. The second-order valence-corrected chi connectivity index (χ2v) is 6.63. The van der Waals surface area contributed by atoms with Gasteiger partial charge in [-0.15, -0.1) is 0 Å². The van der Waals surface area contributed by atoms with Crippen molar-refractivity contribution in [2.24, 2.45) is 11.3 Å². The Balaban J connectivity index is 1.62. The lowest BCUT2D eigenvalue weighted by atomic mass is 9.91. The largest absolute Gasteiger partial charge is 0.349 e. The molecule has 0 aromatic heterocycles. The molecular formula is C18H26N2O. The molecule has 1 spiro atoms. The SMILES string of the molecule is CCCC(NC(=O)C1CC12CCNCC2)c1ccccc1. The van der Waals surface area contributed by atoms with E-state index in [9.17, 15) is 4.79 Å². The first-order valence-corrected chi connectivity index (χ1v) is 8.31. The Kier molecular flexibility index (Phi) is 4.29. The van der Waals surface area contributed by atoms with E-state index in [-0.39, 0.29) is 17.9 Å². The maximum atomic E-state index is 12.6. The van der Waals surface area contributed by atoms with Crippen LogP contribution >= 0.6 is 0 Å². The third-order valence-electron chi connectivity index (χ3n) is 5.20. The van der Waals surface area contributed by atoms with E-state index in [1.807, 2.05) is 6.07 Å². The van der Waals surface area contributed by atoms with Gasteiger partial charge in [0.25, 0.3) is 0 Å². The highest BCUT2D eigenvalue weighted by molar-refractivity contribution is 5.83. The predicted octanol–water partition coefficient (Wildman–Crippen LogP) is 3.03. The second-order valence-electron chi connectivity index (χ2n) is 6.63. The fourth-order valence-electron chi connectivity index (χ4n) is 3.76. The van der Waals surface area contributed by atoms with E-state index in [0.717, 1.165) is 45.2 Å². The maximum absolute atomic E-state index is 12.6. The van der Waals surface area contributed by atoms with E-state index < -0.39 is 0 Å². The van der Waals surface area contributed by atoms with Crippen molar-refractivity contribution in [1.29, 1.82) is 0 Å². The van der Waals surface area contributed by atoms with Crippen LogP contribution in [0.5, 0.6) is 0 Å². The van der Waals surface area contributed by atoms with Crippen LogP contribution in [0.4, 0.5) is 0 Å². The van der Waals surface area contributed by atoms with Gasteiger partial charge in [-0.3, -0.25) is 4.79 Å². The molecule has 1 amide bonds. The molecule has 1 aromatic carbocycles. The average molecular weight is 286 g/mol. The first-order chi connectivity index (χ1) is 10.2. The molecule has 2 fully saturated rings. The van der Waals surface area contributed by atoms with E-state index in [1.165, 1.54) is 5.56 Å². The molecule has 2 N–H and O–H groups in total. The van der Waals surface area contributed by atoms with E-state index >= 15 is 0 Å². The van der Waals surface area contributed by atoms with Crippen molar-refractivity contribution in [3.8, 4) is 0 Å². The number of nitrogens with one attached hydrogen (secondary N) is 2. The number of amides is 1. The summed E-state index contributed by atoms with van der Waals surface area (Å²) in [5, 5.41) is 6.70. The lowest BCUT2D eigenvalue weighted by Crippen LogP contribution is -2.35. The third kappa shape index (κ3) is 3.13. The molecule has 3 nitrogen and oxygen atoms in total. The fourth-order valence-corrected chi connectivity index (χ4v) is 3.76. The summed E-state index contributed by atoms with van der Waals surface area (Å²) in [6.45, 7) is 4.31. The molecule has 3 rings (SSSR count). The number of benzene rings is 1. The molecule has 1 heterocycles. The van der Waals surface area contributed by atoms with Gasteiger partial charge in [0.2, 0.25) is 5.91 Å². The van der Waals surface area contributed by atoms with Crippen molar-refractivity contribution in [3.05, 3.63) is 35.9 Å². The Bertz CT molecular complexity index is 479. The minimum Gasteiger partial charge on any atom is -0.349 e. The summed E-state index contributed by atoms with van der Waals surface area (Å²) in [5.41, 5.74) is 1.55. The van der Waals surface area contributed by atoms with Gasteiger partial charge in [-0.05, 0) is 49.8 Å². The van der Waals surface area contributed by atoms with Crippen LogP contribution < -0.4 is 10.6 Å². The number of piperidine rings is 1. The van der Waals surface area contributed by atoms with Gasteiger partial charge in [0.15, 0.2) is 0 Å². The second kappa shape index (κ2) is 6.18. The van der Waals surface area contributed by atoms with Crippen molar-refractivity contribution in [1.82, 2.24) is 10.6 Å². The van der Waals surface area contributed by atoms with Gasteiger partial charge in [-0.1, -0.05) is 43.7 Å². The molecule has 0 bridgehead atoms. The number of carbonyl (C=O) groups is 1. The van der Waals surface area contributed by atoms with E-state index in [2.05, 4.69) is 41.8 Å². The average Bonchev–Trinajstić information content (AvgIpc) is 3.22. The molecule has 114 valence electrons. The molecule has 1 aliphatic carbocycles. The molecular weight excluding hydrogens is 260 g/mol. The molecule has 21 heavy (non-hydrogen) atoms. The number of rotatable bonds is 5. The van der Waals surface area contributed by atoms with Crippen LogP contribution in [0.15, 0.2) is 30.3 Å². The maximum Gasteiger partial charge on any atom is 0.224 e. The summed E-state index contributed by atoms with van der Waals surface area (Å²) in [6.07, 6.45) is 5.51. The Labute approximate surface area is 127 Å². The first-order valence-electron chi connectivity index (χ1n) is 8.31. The summed E-state index contributed by atoms with van der Waals surface area (Å²) in [7, 11) is 0. The third-order valence-corrected chi connectivity index (χ3v) is 5.20. The van der Waals surface area contributed by atoms with Gasteiger partial charge >= 0.3 is 0 Å². The normalized spacial score (nSPS) is 24.5. The fraction of sp³-hybridized carbons (Fsp3) is 0.611. The van der Waals surface area contributed by atoms with Gasteiger partial charge in [-0.2, -0.15) is 0 Å². The Hall–Kier alpha value is -1.35. The zero-order valence-corrected chi connectivity index (χ0v) is 12.9. The van der Waals surface area contributed by atoms with Crippen LogP contribution in [-0.2, 0) is 4.79 Å². The van der Waals surface area contributed by atoms with Crippen LogP contribution in [0.25, 0.3) is 0 Å². The van der Waals surface area contributed by atoms with Crippen LogP contribution in [0.3, 0.4) is 0 Å². The quantitative estimate of drug-likeness (QED) is 0.873. The van der Waals surface area contributed by atoms with Crippen LogP contribution in [-0.4, -0.2) is 19.0 Å². The van der Waals surface area contributed by atoms with Gasteiger partial charge in [-0.25, -0.2) is 0 Å². The Morgan fingerprint density at radius 3 is 2.71 bits per heavy atom. The summed E-state index contributed by atoms with van der Waals surface area (Å²) in [6, 6.07) is 10.5. The minimum absolute atomic E-state index is 0.170. The predicted molar refractivity (Wildman–Crippen MR) is 84.9 cm³/mol. The molecule has 2 aliphatic rings. The summed E-state index contributed by atoms with van der Waals surface area (Å²) >= 11 is 0. The standard InChI is InChI=1S/C18H26N2O/c1-2-6-16(14-7-4-3-5-8-14)20-17(21)15-13-18(15)9-11-19-12-10-18/h3-5,7-8,15-16,19H,2,6,9-13H2,1H3,(H,20,21). The summed E-state index contributed by atoms with van der Waals surface area (Å²) in [5.74, 6) is 0.530. The summed E-state index contributed by atoms with van der Waals surface area (Å²) in [4.78, 5) is 12.6. The molecule has 1 aliphatic heterocycles. The molecule has 2 atom stereocenters. The van der Waals surface area contributed by atoms with Gasteiger partial charge < -0.3 is 10.6 Å². The highest BCUT2D eigenvalue weighted by atomic mass is 16.2.